The number of carbonyl (C=O) groups is 2. The van der Waals surface area contributed by atoms with Crippen LogP contribution in [-0.2, 0) is 16.0 Å². The summed E-state index contributed by atoms with van der Waals surface area (Å²) in [5.74, 6) is 1.62. The summed E-state index contributed by atoms with van der Waals surface area (Å²) < 4.78 is 0.876. The van der Waals surface area contributed by atoms with Crippen molar-refractivity contribution < 1.29 is 9.59 Å². The van der Waals surface area contributed by atoms with Gasteiger partial charge in [-0.2, -0.15) is 0 Å². The second-order valence-electron chi connectivity index (χ2n) is 6.28. The lowest BCUT2D eigenvalue weighted by atomic mass is 10.0. The number of rotatable bonds is 3. The number of benzene rings is 1. The summed E-state index contributed by atoms with van der Waals surface area (Å²) in [4.78, 5) is 32.4. The quantitative estimate of drug-likeness (QED) is 0.600. The molecule has 0 N–H and O–H groups in total. The lowest BCUT2D eigenvalue weighted by Crippen LogP contribution is -2.37. The largest absolute Gasteiger partial charge is 0.297 e. The molecule has 0 spiro atoms. The van der Waals surface area contributed by atoms with Gasteiger partial charge in [-0.1, -0.05) is 23.8 Å². The van der Waals surface area contributed by atoms with Gasteiger partial charge in [0.25, 0.3) is 5.91 Å². The van der Waals surface area contributed by atoms with Crippen LogP contribution in [0.15, 0.2) is 58.5 Å². The van der Waals surface area contributed by atoms with Crippen LogP contribution in [0, 0.1) is 6.92 Å². The van der Waals surface area contributed by atoms with Gasteiger partial charge in [0.1, 0.15) is 11.6 Å². The van der Waals surface area contributed by atoms with Crippen molar-refractivity contribution in [1.29, 1.82) is 0 Å². The molecule has 0 saturated carbocycles. The molecule has 26 heavy (non-hydrogen) atoms. The summed E-state index contributed by atoms with van der Waals surface area (Å²) in [6.07, 6.45) is 2.14. The number of ketones is 1. The Morgan fingerprint density at radius 2 is 1.81 bits per heavy atom. The predicted octanol–water partition coefficient (Wildman–Crippen LogP) is 3.61. The fourth-order valence-electron chi connectivity index (χ4n) is 3.20. The summed E-state index contributed by atoms with van der Waals surface area (Å²) >= 11 is 3.23. The Bertz CT molecular complexity index is 870. The highest BCUT2D eigenvalue weighted by atomic mass is 32.2. The van der Waals surface area contributed by atoms with Crippen molar-refractivity contribution in [3.8, 4) is 0 Å². The fraction of sp³-hybridized carbons (Fsp3) is 0.250. The van der Waals surface area contributed by atoms with E-state index in [9.17, 15) is 9.59 Å². The number of nitrogens with zero attached hydrogens (tertiary/aromatic N) is 2. The molecule has 1 amide bonds. The van der Waals surface area contributed by atoms with Crippen LogP contribution in [0.5, 0.6) is 0 Å². The summed E-state index contributed by atoms with van der Waals surface area (Å²) in [6.45, 7) is 2.01. The zero-order chi connectivity index (χ0) is 18.1. The number of aryl methyl sites for hydroxylation is 1. The van der Waals surface area contributed by atoms with Crippen molar-refractivity contribution in [1.82, 2.24) is 4.98 Å². The third-order valence-corrected chi connectivity index (χ3v) is 7.20. The number of hydrogen-bond acceptors (Lipinski definition) is 5. The van der Waals surface area contributed by atoms with Crippen LogP contribution in [0.2, 0.25) is 0 Å². The Balaban J connectivity index is 1.76. The first-order chi connectivity index (χ1) is 12.6. The van der Waals surface area contributed by atoms with Gasteiger partial charge in [0, 0.05) is 35.5 Å². The lowest BCUT2D eigenvalue weighted by Gasteiger charge is -2.23. The number of pyridine rings is 1. The highest BCUT2D eigenvalue weighted by molar-refractivity contribution is 8.25. The van der Waals surface area contributed by atoms with Crippen LogP contribution in [0.25, 0.3) is 0 Å². The zero-order valence-electron chi connectivity index (χ0n) is 14.3. The molecular weight excluding hydrogens is 364 g/mol. The molecule has 0 radical (unpaired) electrons. The standard InChI is InChI=1S/C20H18N2O2S2/c1-13-5-7-15(8-6-13)22-16(12-14-4-2-3-9-21-14)18(23)17(19(22)24)20-25-10-11-26-20/h2-9,16H,10-12H2,1H3. The molecule has 0 aliphatic carbocycles. The number of aromatic nitrogens is 1. The van der Waals surface area contributed by atoms with Crippen molar-refractivity contribution in [3.05, 3.63) is 69.7 Å². The van der Waals surface area contributed by atoms with Crippen LogP contribution in [0.4, 0.5) is 5.69 Å². The van der Waals surface area contributed by atoms with Crippen LogP contribution >= 0.6 is 23.5 Å². The summed E-state index contributed by atoms with van der Waals surface area (Å²) in [7, 11) is 0. The molecule has 4 rings (SSSR count). The Hall–Kier alpha value is -2.05. The molecule has 2 fully saturated rings. The smallest absolute Gasteiger partial charge is 0.264 e. The molecule has 2 saturated heterocycles. The van der Waals surface area contributed by atoms with Gasteiger partial charge in [-0.15, -0.1) is 23.5 Å². The van der Waals surface area contributed by atoms with Gasteiger partial charge >= 0.3 is 0 Å². The van der Waals surface area contributed by atoms with E-state index in [0.717, 1.165) is 32.7 Å². The molecule has 2 aromatic rings. The Labute approximate surface area is 161 Å². The van der Waals surface area contributed by atoms with E-state index in [1.54, 1.807) is 34.6 Å². The van der Waals surface area contributed by atoms with Gasteiger partial charge in [-0.05, 0) is 31.2 Å². The first-order valence-electron chi connectivity index (χ1n) is 8.49. The van der Waals surface area contributed by atoms with E-state index in [1.165, 1.54) is 0 Å². The third-order valence-electron chi connectivity index (χ3n) is 4.49. The third kappa shape index (κ3) is 3.19. The normalized spacial score (nSPS) is 20.3. The SMILES string of the molecule is Cc1ccc(N2C(=O)C(=C3SCCS3)C(=O)C2Cc2ccccn2)cc1. The van der Waals surface area contributed by atoms with E-state index in [4.69, 9.17) is 0 Å². The fourth-order valence-corrected chi connectivity index (χ4v) is 5.73. The predicted molar refractivity (Wildman–Crippen MR) is 107 cm³/mol. The second-order valence-corrected chi connectivity index (χ2v) is 8.74. The van der Waals surface area contributed by atoms with E-state index < -0.39 is 6.04 Å². The molecule has 6 heteroatoms. The van der Waals surface area contributed by atoms with Crippen LogP contribution in [0.1, 0.15) is 11.3 Å². The molecular formula is C20H18N2O2S2. The number of hydrogen-bond donors (Lipinski definition) is 0. The molecule has 2 aliphatic rings. The Kier molecular flexibility index (Phi) is 4.87. The second kappa shape index (κ2) is 7.29. The van der Waals surface area contributed by atoms with Gasteiger partial charge in [-0.25, -0.2) is 0 Å². The summed E-state index contributed by atoms with van der Waals surface area (Å²) in [5.41, 5.74) is 3.06. The maximum Gasteiger partial charge on any atom is 0.264 e. The molecule has 1 aromatic carbocycles. The van der Waals surface area contributed by atoms with E-state index in [-0.39, 0.29) is 11.7 Å². The average Bonchev–Trinajstić information content (AvgIpc) is 3.25. The van der Waals surface area contributed by atoms with Crippen molar-refractivity contribution in [2.75, 3.05) is 16.4 Å². The molecule has 2 aliphatic heterocycles. The van der Waals surface area contributed by atoms with Gasteiger partial charge in [0.05, 0.1) is 4.24 Å². The number of amides is 1. The van der Waals surface area contributed by atoms with Gasteiger partial charge in [-0.3, -0.25) is 19.5 Å². The van der Waals surface area contributed by atoms with E-state index in [2.05, 4.69) is 4.98 Å². The van der Waals surface area contributed by atoms with Crippen LogP contribution in [-0.4, -0.2) is 34.2 Å². The van der Waals surface area contributed by atoms with E-state index >= 15 is 0 Å². The maximum absolute atomic E-state index is 13.2. The molecule has 1 unspecified atom stereocenters. The summed E-state index contributed by atoms with van der Waals surface area (Å²) in [6, 6.07) is 12.9. The number of Topliss-reactive ketones (excluding diaryl/α,β-unsaturated/α-hetero) is 1. The molecule has 0 bridgehead atoms. The van der Waals surface area contributed by atoms with Crippen LogP contribution < -0.4 is 4.90 Å². The molecule has 1 atom stereocenters. The minimum atomic E-state index is -0.538. The molecule has 132 valence electrons. The van der Waals surface area contributed by atoms with E-state index in [1.807, 2.05) is 49.4 Å². The minimum Gasteiger partial charge on any atom is -0.297 e. The lowest BCUT2D eigenvalue weighted by molar-refractivity contribution is -0.116. The van der Waals surface area contributed by atoms with Crippen molar-refractivity contribution >= 4 is 40.9 Å². The van der Waals surface area contributed by atoms with E-state index in [0.29, 0.717) is 12.0 Å². The number of carbonyl (C=O) groups excluding carboxylic acids is 2. The summed E-state index contributed by atoms with van der Waals surface area (Å²) in [5, 5.41) is 0. The number of anilines is 1. The van der Waals surface area contributed by atoms with Crippen molar-refractivity contribution in [2.45, 2.75) is 19.4 Å². The van der Waals surface area contributed by atoms with Crippen molar-refractivity contribution in [3.63, 3.8) is 0 Å². The molecule has 1 aromatic heterocycles. The highest BCUT2D eigenvalue weighted by Crippen LogP contribution is 2.42. The number of thioether (sulfide) groups is 2. The van der Waals surface area contributed by atoms with Crippen molar-refractivity contribution in [2.24, 2.45) is 0 Å². The first-order valence-corrected chi connectivity index (χ1v) is 10.5. The Morgan fingerprint density at radius 1 is 1.08 bits per heavy atom. The van der Waals surface area contributed by atoms with Gasteiger partial charge in [0.15, 0.2) is 5.78 Å². The highest BCUT2D eigenvalue weighted by Gasteiger charge is 2.46. The monoisotopic (exact) mass is 382 g/mol. The van der Waals surface area contributed by atoms with Gasteiger partial charge < -0.3 is 0 Å². The molecule has 4 nitrogen and oxygen atoms in total. The van der Waals surface area contributed by atoms with Gasteiger partial charge in [0.2, 0.25) is 0 Å². The topological polar surface area (TPSA) is 50.3 Å². The van der Waals surface area contributed by atoms with Crippen LogP contribution in [0.3, 0.4) is 0 Å². The Morgan fingerprint density at radius 3 is 2.46 bits per heavy atom. The maximum atomic E-state index is 13.2. The average molecular weight is 383 g/mol. The molecule has 3 heterocycles. The first kappa shape index (κ1) is 17.4. The minimum absolute atomic E-state index is 0.0851. The zero-order valence-corrected chi connectivity index (χ0v) is 16.0.